The molecule has 0 bridgehead atoms. The average molecular weight is 286 g/mol. The highest BCUT2D eigenvalue weighted by Gasteiger charge is 2.19. The summed E-state index contributed by atoms with van der Waals surface area (Å²) < 4.78 is 5.32. The van der Waals surface area contributed by atoms with Crippen LogP contribution in [0.25, 0.3) is 0 Å². The zero-order valence-electron chi connectivity index (χ0n) is 13.2. The topological polar surface area (TPSA) is 61.8 Å². The Balaban J connectivity index is 2.14. The number of ether oxygens (including phenoxy) is 1. The molecule has 0 unspecified atom stereocenters. The first-order valence-electron chi connectivity index (χ1n) is 7.62. The molecule has 0 radical (unpaired) electrons. The van der Waals surface area contributed by atoms with Gasteiger partial charge in [0.2, 0.25) is 0 Å². The fourth-order valence-electron chi connectivity index (χ4n) is 2.38. The van der Waals surface area contributed by atoms with Crippen LogP contribution in [0.3, 0.4) is 0 Å². The highest BCUT2D eigenvalue weighted by molar-refractivity contribution is 5.73. The van der Waals surface area contributed by atoms with Gasteiger partial charge in [-0.2, -0.15) is 0 Å². The van der Waals surface area contributed by atoms with Crippen molar-refractivity contribution in [2.45, 2.75) is 39.5 Å². The van der Waals surface area contributed by atoms with E-state index in [9.17, 15) is 4.79 Å². The van der Waals surface area contributed by atoms with Crippen LogP contribution in [-0.2, 0) is 4.74 Å². The fourth-order valence-corrected chi connectivity index (χ4v) is 2.38. The second-order valence-corrected chi connectivity index (χ2v) is 6.59. The molecular formula is C15H30N2O3. The van der Waals surface area contributed by atoms with Gasteiger partial charge in [-0.3, -0.25) is 0 Å². The summed E-state index contributed by atoms with van der Waals surface area (Å²) in [6.45, 7) is 7.35. The standard InChI is InChI=1S/C15H30N2O3/c1-15(2,12-18)7-4-8-16-14(19)17(3)11-13-5-9-20-10-6-13/h13,18H,4-12H2,1-3H3,(H,16,19). The summed E-state index contributed by atoms with van der Waals surface area (Å²) in [5.74, 6) is 0.563. The van der Waals surface area contributed by atoms with Crippen molar-refractivity contribution in [1.29, 1.82) is 0 Å². The van der Waals surface area contributed by atoms with Crippen LogP contribution in [0.2, 0.25) is 0 Å². The largest absolute Gasteiger partial charge is 0.396 e. The third kappa shape index (κ3) is 6.57. The normalized spacial score (nSPS) is 17.0. The van der Waals surface area contributed by atoms with Crippen LogP contribution in [0.5, 0.6) is 0 Å². The van der Waals surface area contributed by atoms with Crippen LogP contribution in [0, 0.1) is 11.3 Å². The number of carbonyl (C=O) groups excluding carboxylic acids is 1. The SMILES string of the molecule is CN(CC1CCOCC1)C(=O)NCCCC(C)(C)CO. The summed E-state index contributed by atoms with van der Waals surface area (Å²) in [5, 5.41) is 12.1. The smallest absolute Gasteiger partial charge is 0.317 e. The van der Waals surface area contributed by atoms with Gasteiger partial charge in [0.05, 0.1) is 0 Å². The van der Waals surface area contributed by atoms with E-state index in [1.165, 1.54) is 0 Å². The molecule has 5 heteroatoms. The summed E-state index contributed by atoms with van der Waals surface area (Å²) in [4.78, 5) is 13.7. The van der Waals surface area contributed by atoms with E-state index in [4.69, 9.17) is 9.84 Å². The number of amides is 2. The molecule has 5 nitrogen and oxygen atoms in total. The van der Waals surface area contributed by atoms with Gasteiger partial charge in [-0.05, 0) is 37.0 Å². The number of hydrogen-bond donors (Lipinski definition) is 2. The van der Waals surface area contributed by atoms with Crippen molar-refractivity contribution in [3.63, 3.8) is 0 Å². The zero-order valence-corrected chi connectivity index (χ0v) is 13.2. The highest BCUT2D eigenvalue weighted by Crippen LogP contribution is 2.20. The van der Waals surface area contributed by atoms with Crippen molar-refractivity contribution in [3.05, 3.63) is 0 Å². The average Bonchev–Trinajstić information content (AvgIpc) is 2.44. The molecule has 1 fully saturated rings. The molecule has 0 aromatic rings. The summed E-state index contributed by atoms with van der Waals surface area (Å²) in [6.07, 6.45) is 3.89. The first kappa shape index (κ1) is 17.2. The van der Waals surface area contributed by atoms with Gasteiger partial charge in [-0.1, -0.05) is 13.8 Å². The number of rotatable bonds is 7. The Morgan fingerprint density at radius 3 is 2.65 bits per heavy atom. The van der Waals surface area contributed by atoms with E-state index in [0.29, 0.717) is 12.5 Å². The summed E-state index contributed by atoms with van der Waals surface area (Å²) >= 11 is 0. The maximum absolute atomic E-state index is 11.9. The summed E-state index contributed by atoms with van der Waals surface area (Å²) in [5.41, 5.74) is -0.0568. The van der Waals surface area contributed by atoms with Gasteiger partial charge in [0.1, 0.15) is 0 Å². The van der Waals surface area contributed by atoms with Crippen LogP contribution in [-0.4, -0.2) is 56.0 Å². The Labute approximate surface area is 122 Å². The van der Waals surface area contributed by atoms with Gasteiger partial charge in [0, 0.05) is 40.0 Å². The lowest BCUT2D eigenvalue weighted by Gasteiger charge is -2.27. The molecule has 0 saturated carbocycles. The number of nitrogens with one attached hydrogen (secondary N) is 1. The Bertz CT molecular complexity index is 289. The lowest BCUT2D eigenvalue weighted by Crippen LogP contribution is -2.41. The van der Waals surface area contributed by atoms with Crippen molar-refractivity contribution < 1.29 is 14.6 Å². The molecule has 1 aliphatic heterocycles. The van der Waals surface area contributed by atoms with E-state index in [1.54, 1.807) is 4.90 Å². The molecule has 0 aliphatic carbocycles. The van der Waals surface area contributed by atoms with Crippen LogP contribution < -0.4 is 5.32 Å². The Hall–Kier alpha value is -0.810. The summed E-state index contributed by atoms with van der Waals surface area (Å²) in [7, 11) is 1.85. The van der Waals surface area contributed by atoms with Crippen molar-refractivity contribution in [1.82, 2.24) is 10.2 Å². The lowest BCUT2D eigenvalue weighted by molar-refractivity contribution is 0.0586. The molecule has 20 heavy (non-hydrogen) atoms. The van der Waals surface area contributed by atoms with E-state index in [1.807, 2.05) is 20.9 Å². The zero-order chi connectivity index (χ0) is 15.0. The molecule has 0 aromatic carbocycles. The molecule has 118 valence electrons. The van der Waals surface area contributed by atoms with Crippen LogP contribution in [0.15, 0.2) is 0 Å². The van der Waals surface area contributed by atoms with E-state index >= 15 is 0 Å². The third-order valence-electron chi connectivity index (χ3n) is 3.95. The number of hydrogen-bond acceptors (Lipinski definition) is 3. The second kappa shape index (κ2) is 8.47. The van der Waals surface area contributed by atoms with Gasteiger partial charge >= 0.3 is 6.03 Å². The molecule has 1 heterocycles. The maximum Gasteiger partial charge on any atom is 0.317 e. The van der Waals surface area contributed by atoms with Crippen LogP contribution in [0.4, 0.5) is 4.79 Å². The molecule has 2 N–H and O–H groups in total. The van der Waals surface area contributed by atoms with Crippen molar-refractivity contribution in [3.8, 4) is 0 Å². The number of urea groups is 1. The molecule has 0 aromatic heterocycles. The van der Waals surface area contributed by atoms with E-state index in [0.717, 1.165) is 45.4 Å². The van der Waals surface area contributed by atoms with Crippen molar-refractivity contribution in [2.24, 2.45) is 11.3 Å². The molecule has 1 rings (SSSR count). The van der Waals surface area contributed by atoms with E-state index in [-0.39, 0.29) is 18.1 Å². The minimum absolute atomic E-state index is 0.00158. The van der Waals surface area contributed by atoms with E-state index < -0.39 is 0 Å². The van der Waals surface area contributed by atoms with Crippen molar-refractivity contribution >= 4 is 6.03 Å². The Morgan fingerprint density at radius 2 is 2.05 bits per heavy atom. The van der Waals surface area contributed by atoms with E-state index in [2.05, 4.69) is 5.32 Å². The highest BCUT2D eigenvalue weighted by atomic mass is 16.5. The predicted octanol–water partition coefficient (Wildman–Crippen LogP) is 1.85. The van der Waals surface area contributed by atoms with Gasteiger partial charge < -0.3 is 20.1 Å². The first-order chi connectivity index (χ1) is 9.44. The monoisotopic (exact) mass is 286 g/mol. The van der Waals surface area contributed by atoms with Gasteiger partial charge in [0.25, 0.3) is 0 Å². The number of nitrogens with zero attached hydrogens (tertiary/aromatic N) is 1. The van der Waals surface area contributed by atoms with Crippen LogP contribution >= 0.6 is 0 Å². The number of aliphatic hydroxyl groups is 1. The van der Waals surface area contributed by atoms with Crippen LogP contribution in [0.1, 0.15) is 39.5 Å². The van der Waals surface area contributed by atoms with Gasteiger partial charge in [0.15, 0.2) is 0 Å². The van der Waals surface area contributed by atoms with Gasteiger partial charge in [-0.15, -0.1) is 0 Å². The quantitative estimate of drug-likeness (QED) is 0.702. The third-order valence-corrected chi connectivity index (χ3v) is 3.95. The molecule has 1 aliphatic rings. The van der Waals surface area contributed by atoms with Gasteiger partial charge in [-0.25, -0.2) is 4.79 Å². The Kier molecular flexibility index (Phi) is 7.30. The number of aliphatic hydroxyl groups excluding tert-OH is 1. The maximum atomic E-state index is 11.9. The molecular weight excluding hydrogens is 256 g/mol. The summed E-state index contributed by atoms with van der Waals surface area (Å²) in [6, 6.07) is -0.00158. The first-order valence-corrected chi connectivity index (χ1v) is 7.62. The number of carbonyl (C=O) groups is 1. The minimum Gasteiger partial charge on any atom is -0.396 e. The fraction of sp³-hybridized carbons (Fsp3) is 0.933. The molecule has 0 spiro atoms. The Morgan fingerprint density at radius 1 is 1.40 bits per heavy atom. The predicted molar refractivity (Wildman–Crippen MR) is 79.7 cm³/mol. The second-order valence-electron chi connectivity index (χ2n) is 6.59. The lowest BCUT2D eigenvalue weighted by atomic mass is 9.89. The van der Waals surface area contributed by atoms with Crippen molar-refractivity contribution in [2.75, 3.05) is 40.0 Å². The molecule has 1 saturated heterocycles. The minimum atomic E-state index is -0.0568. The molecule has 0 atom stereocenters. The molecule has 2 amide bonds.